The van der Waals surface area contributed by atoms with Crippen molar-refractivity contribution in [3.63, 3.8) is 0 Å². The maximum Gasteiger partial charge on any atom is 0.273 e. The number of nitrogens with one attached hydrogen (secondary N) is 1. The van der Waals surface area contributed by atoms with Crippen molar-refractivity contribution in [2.45, 2.75) is 32.9 Å². The van der Waals surface area contributed by atoms with Gasteiger partial charge < -0.3 is 9.88 Å². The zero-order valence-corrected chi connectivity index (χ0v) is 12.1. The minimum absolute atomic E-state index is 0.0592. The molecule has 0 spiro atoms. The van der Waals surface area contributed by atoms with Crippen molar-refractivity contribution in [1.82, 2.24) is 20.1 Å². The molecule has 0 radical (unpaired) electrons. The van der Waals surface area contributed by atoms with Crippen molar-refractivity contribution in [3.8, 4) is 0 Å². The molecule has 0 saturated carbocycles. The van der Waals surface area contributed by atoms with Gasteiger partial charge >= 0.3 is 0 Å². The monoisotopic (exact) mass is 301 g/mol. The quantitative estimate of drug-likeness (QED) is 0.678. The number of hydrogen-bond donors (Lipinski definition) is 1. The summed E-state index contributed by atoms with van der Waals surface area (Å²) in [6, 6.07) is 4.44. The lowest BCUT2D eigenvalue weighted by Gasteiger charge is -2.06. The topological polar surface area (TPSA) is 103 Å². The SMILES string of the molecule is Cc1ccc(C(=O)NCc2nnc3n2CCC3)cc1[N+](=O)[O-]. The summed E-state index contributed by atoms with van der Waals surface area (Å²) in [6.07, 6.45) is 1.95. The van der Waals surface area contributed by atoms with Gasteiger partial charge in [-0.1, -0.05) is 6.07 Å². The van der Waals surface area contributed by atoms with Gasteiger partial charge in [-0.15, -0.1) is 10.2 Å². The third-order valence-corrected chi connectivity index (χ3v) is 3.76. The molecule has 0 aliphatic carbocycles. The number of nitro groups is 1. The maximum absolute atomic E-state index is 12.1. The van der Waals surface area contributed by atoms with E-state index in [9.17, 15) is 14.9 Å². The Morgan fingerprint density at radius 2 is 2.27 bits per heavy atom. The number of carbonyl (C=O) groups is 1. The van der Waals surface area contributed by atoms with Crippen LogP contribution in [0.4, 0.5) is 5.69 Å². The molecule has 3 rings (SSSR count). The van der Waals surface area contributed by atoms with E-state index in [1.54, 1.807) is 19.1 Å². The molecule has 0 atom stereocenters. The summed E-state index contributed by atoms with van der Waals surface area (Å²) in [5.74, 6) is 1.29. The zero-order valence-electron chi connectivity index (χ0n) is 12.1. The predicted molar refractivity (Wildman–Crippen MR) is 77.3 cm³/mol. The molecule has 0 unspecified atom stereocenters. The highest BCUT2D eigenvalue weighted by Gasteiger charge is 2.19. The van der Waals surface area contributed by atoms with Gasteiger partial charge in [0.25, 0.3) is 11.6 Å². The Bertz CT molecular complexity index is 753. The molecule has 2 aromatic rings. The lowest BCUT2D eigenvalue weighted by molar-refractivity contribution is -0.385. The van der Waals surface area contributed by atoms with Crippen LogP contribution >= 0.6 is 0 Å². The molecule has 0 bridgehead atoms. The molecular formula is C14H15N5O3. The summed E-state index contributed by atoms with van der Waals surface area (Å²) in [4.78, 5) is 22.6. The van der Waals surface area contributed by atoms with E-state index in [1.165, 1.54) is 6.07 Å². The number of aryl methyl sites for hydroxylation is 2. The number of nitrogens with zero attached hydrogens (tertiary/aromatic N) is 4. The molecule has 8 nitrogen and oxygen atoms in total. The van der Waals surface area contributed by atoms with Gasteiger partial charge in [-0.2, -0.15) is 0 Å². The first-order chi connectivity index (χ1) is 10.6. The molecule has 1 aromatic carbocycles. The molecule has 0 fully saturated rings. The third-order valence-electron chi connectivity index (χ3n) is 3.76. The van der Waals surface area contributed by atoms with Crippen LogP contribution in [-0.4, -0.2) is 25.6 Å². The highest BCUT2D eigenvalue weighted by atomic mass is 16.6. The number of hydrogen-bond acceptors (Lipinski definition) is 5. The summed E-state index contributed by atoms with van der Waals surface area (Å²) in [6.45, 7) is 2.76. The molecule has 1 aliphatic heterocycles. The van der Waals surface area contributed by atoms with E-state index in [2.05, 4.69) is 15.5 Å². The second-order valence-corrected chi connectivity index (χ2v) is 5.23. The van der Waals surface area contributed by atoms with Crippen LogP contribution in [0.2, 0.25) is 0 Å². The minimum Gasteiger partial charge on any atom is -0.345 e. The van der Waals surface area contributed by atoms with Crippen LogP contribution in [0.5, 0.6) is 0 Å². The Balaban J connectivity index is 1.72. The van der Waals surface area contributed by atoms with Gasteiger partial charge in [0, 0.05) is 30.2 Å². The van der Waals surface area contributed by atoms with Crippen molar-refractivity contribution in [3.05, 3.63) is 51.1 Å². The normalized spacial score (nSPS) is 13.0. The van der Waals surface area contributed by atoms with Crippen molar-refractivity contribution in [2.24, 2.45) is 0 Å². The van der Waals surface area contributed by atoms with Gasteiger partial charge in [-0.3, -0.25) is 14.9 Å². The molecule has 1 aromatic heterocycles. The van der Waals surface area contributed by atoms with Crippen molar-refractivity contribution >= 4 is 11.6 Å². The van der Waals surface area contributed by atoms with E-state index < -0.39 is 4.92 Å². The number of aromatic nitrogens is 3. The maximum atomic E-state index is 12.1. The first kappa shape index (κ1) is 14.2. The van der Waals surface area contributed by atoms with Crippen molar-refractivity contribution in [2.75, 3.05) is 0 Å². The highest BCUT2D eigenvalue weighted by molar-refractivity contribution is 5.94. The Hall–Kier alpha value is -2.77. The Morgan fingerprint density at radius 1 is 1.45 bits per heavy atom. The van der Waals surface area contributed by atoms with Crippen LogP contribution < -0.4 is 5.32 Å². The molecule has 114 valence electrons. The molecule has 8 heteroatoms. The standard InChI is InChI=1S/C14H15N5O3/c1-9-4-5-10(7-11(9)19(21)22)14(20)15-8-13-17-16-12-3-2-6-18(12)13/h4-5,7H,2-3,6,8H2,1H3,(H,15,20). The van der Waals surface area contributed by atoms with Crippen LogP contribution in [0.15, 0.2) is 18.2 Å². The molecule has 2 heterocycles. The summed E-state index contributed by atoms with van der Waals surface area (Å²) in [5.41, 5.74) is 0.728. The molecular weight excluding hydrogens is 286 g/mol. The van der Waals surface area contributed by atoms with Crippen LogP contribution in [0.3, 0.4) is 0 Å². The van der Waals surface area contributed by atoms with Crippen LogP contribution in [0.25, 0.3) is 0 Å². The number of benzene rings is 1. The number of carbonyl (C=O) groups excluding carboxylic acids is 1. The molecule has 0 saturated heterocycles. The fourth-order valence-electron chi connectivity index (χ4n) is 2.55. The van der Waals surface area contributed by atoms with Crippen molar-refractivity contribution in [1.29, 1.82) is 0 Å². The zero-order chi connectivity index (χ0) is 15.7. The smallest absolute Gasteiger partial charge is 0.273 e. The van der Waals surface area contributed by atoms with Gasteiger partial charge in [0.1, 0.15) is 5.82 Å². The Morgan fingerprint density at radius 3 is 3.05 bits per heavy atom. The van der Waals surface area contributed by atoms with Crippen LogP contribution in [-0.2, 0) is 19.5 Å². The minimum atomic E-state index is -0.489. The Kier molecular flexibility index (Phi) is 3.58. The average molecular weight is 301 g/mol. The van der Waals surface area contributed by atoms with E-state index in [4.69, 9.17) is 0 Å². The van der Waals surface area contributed by atoms with E-state index in [0.29, 0.717) is 11.4 Å². The van der Waals surface area contributed by atoms with E-state index in [-0.39, 0.29) is 23.7 Å². The second kappa shape index (κ2) is 5.55. The van der Waals surface area contributed by atoms with Gasteiger partial charge in [0.05, 0.1) is 11.5 Å². The first-order valence-electron chi connectivity index (χ1n) is 7.00. The van der Waals surface area contributed by atoms with Gasteiger partial charge in [-0.05, 0) is 19.4 Å². The predicted octanol–water partition coefficient (Wildman–Crippen LogP) is 1.37. The Labute approximate surface area is 126 Å². The molecule has 1 amide bonds. The fourth-order valence-corrected chi connectivity index (χ4v) is 2.55. The van der Waals surface area contributed by atoms with Crippen LogP contribution in [0.1, 0.15) is 34.0 Å². The highest BCUT2D eigenvalue weighted by Crippen LogP contribution is 2.19. The number of amides is 1. The second-order valence-electron chi connectivity index (χ2n) is 5.23. The first-order valence-corrected chi connectivity index (χ1v) is 7.00. The average Bonchev–Trinajstić information content (AvgIpc) is 3.08. The number of nitro benzene ring substituents is 1. The fraction of sp³-hybridized carbons (Fsp3) is 0.357. The summed E-state index contributed by atoms with van der Waals surface area (Å²) in [7, 11) is 0. The summed E-state index contributed by atoms with van der Waals surface area (Å²) < 4.78 is 2.00. The largest absolute Gasteiger partial charge is 0.345 e. The number of fused-ring (bicyclic) bond motifs is 1. The van der Waals surface area contributed by atoms with E-state index in [0.717, 1.165) is 25.2 Å². The molecule has 1 aliphatic rings. The lowest BCUT2D eigenvalue weighted by Crippen LogP contribution is -2.24. The summed E-state index contributed by atoms with van der Waals surface area (Å²) >= 11 is 0. The molecule has 1 N–H and O–H groups in total. The van der Waals surface area contributed by atoms with Gasteiger partial charge in [0.15, 0.2) is 5.82 Å². The van der Waals surface area contributed by atoms with E-state index in [1.807, 2.05) is 4.57 Å². The van der Waals surface area contributed by atoms with Crippen LogP contribution in [0, 0.1) is 17.0 Å². The van der Waals surface area contributed by atoms with Gasteiger partial charge in [-0.25, -0.2) is 0 Å². The third kappa shape index (κ3) is 2.54. The van der Waals surface area contributed by atoms with Gasteiger partial charge in [0.2, 0.25) is 0 Å². The lowest BCUT2D eigenvalue weighted by atomic mass is 10.1. The van der Waals surface area contributed by atoms with E-state index >= 15 is 0 Å². The molecule has 22 heavy (non-hydrogen) atoms. The number of rotatable bonds is 4. The van der Waals surface area contributed by atoms with Crippen molar-refractivity contribution < 1.29 is 9.72 Å². The summed E-state index contributed by atoms with van der Waals surface area (Å²) in [5, 5.41) is 21.8.